The van der Waals surface area contributed by atoms with E-state index in [0.717, 1.165) is 0 Å². The maximum atomic E-state index is 12.0. The second-order valence-electron chi connectivity index (χ2n) is 4.51. The summed E-state index contributed by atoms with van der Waals surface area (Å²) in [4.78, 5) is 22.1. The SMILES string of the molecule is C[C@H](Oc1ccc([N+](=O)[O-])cc1)C(=O)Nc1cccc(Cl)c1. The number of ether oxygens (including phenoxy) is 1. The van der Waals surface area contributed by atoms with E-state index in [-0.39, 0.29) is 11.6 Å². The number of nitro groups is 1. The van der Waals surface area contributed by atoms with Gasteiger partial charge in [-0.2, -0.15) is 0 Å². The van der Waals surface area contributed by atoms with Crippen LogP contribution in [-0.2, 0) is 4.79 Å². The first-order valence-electron chi connectivity index (χ1n) is 6.43. The molecule has 7 heteroatoms. The van der Waals surface area contributed by atoms with Gasteiger partial charge in [0.1, 0.15) is 5.75 Å². The summed E-state index contributed by atoms with van der Waals surface area (Å²) in [5, 5.41) is 13.8. The first-order chi connectivity index (χ1) is 10.5. The Morgan fingerprint density at radius 3 is 2.55 bits per heavy atom. The molecular weight excluding hydrogens is 308 g/mol. The average molecular weight is 321 g/mol. The van der Waals surface area contributed by atoms with Crippen molar-refractivity contribution >= 4 is 28.9 Å². The Balaban J connectivity index is 1.97. The molecule has 2 aromatic carbocycles. The average Bonchev–Trinajstić information content (AvgIpc) is 2.47. The Labute approximate surface area is 131 Å². The molecule has 0 heterocycles. The minimum atomic E-state index is -0.763. The molecule has 6 nitrogen and oxygen atoms in total. The predicted octanol–water partition coefficient (Wildman–Crippen LogP) is 3.65. The Morgan fingerprint density at radius 1 is 1.27 bits per heavy atom. The zero-order chi connectivity index (χ0) is 16.1. The van der Waals surface area contributed by atoms with Crippen molar-refractivity contribution in [2.24, 2.45) is 0 Å². The van der Waals surface area contributed by atoms with Crippen LogP contribution in [0.5, 0.6) is 5.75 Å². The Morgan fingerprint density at radius 2 is 1.95 bits per heavy atom. The van der Waals surface area contributed by atoms with E-state index in [1.807, 2.05) is 0 Å². The highest BCUT2D eigenvalue weighted by Gasteiger charge is 2.15. The molecule has 0 spiro atoms. The number of carbonyl (C=O) groups is 1. The third-order valence-corrected chi connectivity index (χ3v) is 3.06. The van der Waals surface area contributed by atoms with Gasteiger partial charge in [0.25, 0.3) is 11.6 Å². The normalized spacial score (nSPS) is 11.5. The molecule has 1 atom stereocenters. The summed E-state index contributed by atoms with van der Waals surface area (Å²) in [6, 6.07) is 12.3. The first-order valence-corrected chi connectivity index (χ1v) is 6.81. The highest BCUT2D eigenvalue weighted by atomic mass is 35.5. The molecule has 0 fully saturated rings. The number of amides is 1. The molecule has 0 bridgehead atoms. The van der Waals surface area contributed by atoms with Crippen molar-refractivity contribution in [3.63, 3.8) is 0 Å². The van der Waals surface area contributed by atoms with Gasteiger partial charge in [-0.15, -0.1) is 0 Å². The molecule has 2 rings (SSSR count). The minimum absolute atomic E-state index is 0.0385. The highest BCUT2D eigenvalue weighted by Crippen LogP contribution is 2.19. The van der Waals surface area contributed by atoms with E-state index in [9.17, 15) is 14.9 Å². The van der Waals surface area contributed by atoms with Crippen LogP contribution in [0.15, 0.2) is 48.5 Å². The molecule has 0 aromatic heterocycles. The third kappa shape index (κ3) is 4.20. The summed E-state index contributed by atoms with van der Waals surface area (Å²) in [6.07, 6.45) is -0.763. The van der Waals surface area contributed by atoms with Crippen molar-refractivity contribution in [2.45, 2.75) is 13.0 Å². The Hall–Kier alpha value is -2.60. The van der Waals surface area contributed by atoms with E-state index in [2.05, 4.69) is 5.32 Å². The lowest BCUT2D eigenvalue weighted by Gasteiger charge is -2.14. The number of hydrogen-bond acceptors (Lipinski definition) is 4. The summed E-state index contributed by atoms with van der Waals surface area (Å²) in [6.45, 7) is 1.58. The molecule has 2 aromatic rings. The topological polar surface area (TPSA) is 81.5 Å². The molecule has 0 unspecified atom stereocenters. The highest BCUT2D eigenvalue weighted by molar-refractivity contribution is 6.30. The number of non-ortho nitro benzene ring substituents is 1. The quantitative estimate of drug-likeness (QED) is 0.673. The fraction of sp³-hybridized carbons (Fsp3) is 0.133. The number of nitrogens with one attached hydrogen (secondary N) is 1. The second-order valence-corrected chi connectivity index (χ2v) is 4.95. The monoisotopic (exact) mass is 320 g/mol. The number of rotatable bonds is 5. The maximum Gasteiger partial charge on any atom is 0.269 e. The number of hydrogen-bond donors (Lipinski definition) is 1. The van der Waals surface area contributed by atoms with Crippen molar-refractivity contribution in [3.8, 4) is 5.75 Å². The van der Waals surface area contributed by atoms with E-state index in [4.69, 9.17) is 16.3 Å². The summed E-state index contributed by atoms with van der Waals surface area (Å²) in [7, 11) is 0. The fourth-order valence-electron chi connectivity index (χ4n) is 1.71. The van der Waals surface area contributed by atoms with Gasteiger partial charge >= 0.3 is 0 Å². The lowest BCUT2D eigenvalue weighted by molar-refractivity contribution is -0.384. The zero-order valence-electron chi connectivity index (χ0n) is 11.7. The first kappa shape index (κ1) is 15.8. The van der Waals surface area contributed by atoms with Crippen LogP contribution >= 0.6 is 11.6 Å². The molecule has 114 valence electrons. The molecule has 1 amide bonds. The molecule has 0 saturated carbocycles. The van der Waals surface area contributed by atoms with Crippen LogP contribution < -0.4 is 10.1 Å². The number of halogens is 1. The van der Waals surface area contributed by atoms with Crippen molar-refractivity contribution < 1.29 is 14.5 Å². The third-order valence-electron chi connectivity index (χ3n) is 2.82. The minimum Gasteiger partial charge on any atom is -0.481 e. The van der Waals surface area contributed by atoms with Gasteiger partial charge in [-0.25, -0.2) is 0 Å². The number of anilines is 1. The van der Waals surface area contributed by atoms with Gasteiger partial charge in [0.15, 0.2) is 6.10 Å². The van der Waals surface area contributed by atoms with Gasteiger partial charge in [0.05, 0.1) is 4.92 Å². The summed E-state index contributed by atoms with van der Waals surface area (Å²) < 4.78 is 5.45. The lowest BCUT2D eigenvalue weighted by atomic mass is 10.3. The van der Waals surface area contributed by atoms with Crippen LogP contribution in [0.2, 0.25) is 5.02 Å². The zero-order valence-corrected chi connectivity index (χ0v) is 12.4. The van der Waals surface area contributed by atoms with Crippen LogP contribution in [0, 0.1) is 10.1 Å². The number of nitro benzene ring substituents is 1. The lowest BCUT2D eigenvalue weighted by Crippen LogP contribution is -2.30. The van der Waals surface area contributed by atoms with Gasteiger partial charge in [-0.1, -0.05) is 17.7 Å². The molecule has 0 aliphatic heterocycles. The largest absolute Gasteiger partial charge is 0.481 e. The number of benzene rings is 2. The predicted molar refractivity (Wildman–Crippen MR) is 83.3 cm³/mol. The van der Waals surface area contributed by atoms with E-state index in [0.29, 0.717) is 16.5 Å². The van der Waals surface area contributed by atoms with E-state index in [1.165, 1.54) is 24.3 Å². The van der Waals surface area contributed by atoms with Crippen molar-refractivity contribution in [2.75, 3.05) is 5.32 Å². The number of carbonyl (C=O) groups excluding carboxylic acids is 1. The molecule has 0 saturated heterocycles. The van der Waals surface area contributed by atoms with Crippen molar-refractivity contribution in [1.29, 1.82) is 0 Å². The Kier molecular flexibility index (Phi) is 4.95. The van der Waals surface area contributed by atoms with Crippen molar-refractivity contribution in [3.05, 3.63) is 63.7 Å². The number of nitrogens with zero attached hydrogens (tertiary/aromatic N) is 1. The van der Waals surface area contributed by atoms with Crippen LogP contribution in [0.1, 0.15) is 6.92 Å². The van der Waals surface area contributed by atoms with Gasteiger partial charge in [-0.3, -0.25) is 14.9 Å². The van der Waals surface area contributed by atoms with Crippen LogP contribution in [0.25, 0.3) is 0 Å². The molecule has 22 heavy (non-hydrogen) atoms. The second kappa shape index (κ2) is 6.91. The molecular formula is C15H13ClN2O4. The maximum absolute atomic E-state index is 12.0. The summed E-state index contributed by atoms with van der Waals surface area (Å²) in [5.41, 5.74) is 0.528. The van der Waals surface area contributed by atoms with E-state index >= 15 is 0 Å². The van der Waals surface area contributed by atoms with Gasteiger partial charge in [-0.05, 0) is 37.3 Å². The summed E-state index contributed by atoms with van der Waals surface area (Å²) >= 11 is 5.84. The van der Waals surface area contributed by atoms with Gasteiger partial charge in [0, 0.05) is 22.8 Å². The van der Waals surface area contributed by atoms with E-state index < -0.39 is 11.0 Å². The fourth-order valence-corrected chi connectivity index (χ4v) is 1.90. The van der Waals surface area contributed by atoms with Crippen molar-refractivity contribution in [1.82, 2.24) is 0 Å². The summed E-state index contributed by atoms with van der Waals surface area (Å²) in [5.74, 6) is 0.0277. The van der Waals surface area contributed by atoms with Gasteiger partial charge in [0.2, 0.25) is 0 Å². The van der Waals surface area contributed by atoms with Crippen LogP contribution in [0.3, 0.4) is 0 Å². The molecule has 0 radical (unpaired) electrons. The standard InChI is InChI=1S/C15H13ClN2O4/c1-10(15(19)17-12-4-2-3-11(16)9-12)22-14-7-5-13(6-8-14)18(20)21/h2-10H,1H3,(H,17,19)/t10-/m0/s1. The van der Waals surface area contributed by atoms with Crippen LogP contribution in [0.4, 0.5) is 11.4 Å². The van der Waals surface area contributed by atoms with Crippen LogP contribution in [-0.4, -0.2) is 16.9 Å². The van der Waals surface area contributed by atoms with E-state index in [1.54, 1.807) is 31.2 Å². The Bertz CT molecular complexity index is 688. The smallest absolute Gasteiger partial charge is 0.269 e. The van der Waals surface area contributed by atoms with Gasteiger partial charge < -0.3 is 10.1 Å². The molecule has 0 aliphatic rings. The molecule has 1 N–H and O–H groups in total. The molecule has 0 aliphatic carbocycles.